The zero-order valence-corrected chi connectivity index (χ0v) is 16.0. The Morgan fingerprint density at radius 1 is 1.24 bits per heavy atom. The summed E-state index contributed by atoms with van der Waals surface area (Å²) in [7, 11) is -3.46. The second kappa shape index (κ2) is 8.37. The number of thiophene rings is 1. The molecule has 0 aromatic carbocycles. The zero-order chi connectivity index (χ0) is 17.7. The Kier molecular flexibility index (Phi) is 6.19. The van der Waals surface area contributed by atoms with Crippen LogP contribution in [-0.4, -0.2) is 62.5 Å². The van der Waals surface area contributed by atoms with Gasteiger partial charge >= 0.3 is 0 Å². The summed E-state index contributed by atoms with van der Waals surface area (Å²) in [5, 5.41) is 1.77. The van der Waals surface area contributed by atoms with E-state index in [0.29, 0.717) is 10.8 Å². The van der Waals surface area contributed by atoms with Gasteiger partial charge < -0.3 is 4.90 Å². The minimum absolute atomic E-state index is 0.0116. The van der Waals surface area contributed by atoms with Crippen LogP contribution in [0.15, 0.2) is 46.2 Å². The first-order chi connectivity index (χ1) is 12.1. The molecule has 0 radical (unpaired) electrons. The van der Waals surface area contributed by atoms with E-state index >= 15 is 0 Å². The number of nitrogens with one attached hydrogen (secondary N) is 1. The van der Waals surface area contributed by atoms with Crippen molar-refractivity contribution in [1.29, 1.82) is 0 Å². The first-order valence-corrected chi connectivity index (χ1v) is 10.9. The van der Waals surface area contributed by atoms with Crippen molar-refractivity contribution in [3.05, 3.63) is 47.6 Å². The van der Waals surface area contributed by atoms with E-state index in [1.807, 2.05) is 18.3 Å². The van der Waals surface area contributed by atoms with Gasteiger partial charge in [0, 0.05) is 51.2 Å². The van der Waals surface area contributed by atoms with Crippen LogP contribution in [0.2, 0.25) is 0 Å². The predicted octanol–water partition coefficient (Wildman–Crippen LogP) is 1.80. The second-order valence-electron chi connectivity index (χ2n) is 6.06. The standard InChI is InChI=1S/C17H24N4O2S2/c1-2-20-8-10-21(11-9-20)16(15-5-3-7-18-13-15)14-19-25(22,23)17-6-4-12-24-17/h3-7,12-13,16,19H,2,8-11,14H2,1H3/t16-/m1/s1. The lowest BCUT2D eigenvalue weighted by Gasteiger charge is -2.39. The van der Waals surface area contributed by atoms with Crippen LogP contribution in [0.1, 0.15) is 18.5 Å². The molecule has 2 aromatic rings. The number of pyridine rings is 1. The van der Waals surface area contributed by atoms with E-state index in [9.17, 15) is 8.42 Å². The number of hydrogen-bond acceptors (Lipinski definition) is 6. The van der Waals surface area contributed by atoms with E-state index in [1.54, 1.807) is 23.7 Å². The third-order valence-corrected chi connectivity index (χ3v) is 7.41. The Hall–Kier alpha value is -1.32. The number of hydrogen-bond donors (Lipinski definition) is 1. The second-order valence-corrected chi connectivity index (χ2v) is 9.00. The smallest absolute Gasteiger partial charge is 0.250 e. The van der Waals surface area contributed by atoms with Gasteiger partial charge in [0.05, 0.1) is 0 Å². The van der Waals surface area contributed by atoms with Crippen LogP contribution in [0.3, 0.4) is 0 Å². The molecule has 6 nitrogen and oxygen atoms in total. The van der Waals surface area contributed by atoms with Gasteiger partial charge in [0.1, 0.15) is 4.21 Å². The molecule has 1 aliphatic heterocycles. The van der Waals surface area contributed by atoms with Crippen LogP contribution in [0.5, 0.6) is 0 Å². The normalized spacial score (nSPS) is 18.3. The fourth-order valence-corrected chi connectivity index (χ4v) is 5.17. The molecule has 1 aliphatic rings. The Morgan fingerprint density at radius 3 is 2.64 bits per heavy atom. The third kappa shape index (κ3) is 4.65. The predicted molar refractivity (Wildman–Crippen MR) is 100 cm³/mol. The lowest BCUT2D eigenvalue weighted by Crippen LogP contribution is -2.49. The van der Waals surface area contributed by atoms with Crippen LogP contribution in [0, 0.1) is 0 Å². The minimum atomic E-state index is -3.46. The van der Waals surface area contributed by atoms with Crippen LogP contribution >= 0.6 is 11.3 Å². The van der Waals surface area contributed by atoms with Crippen molar-refractivity contribution in [2.24, 2.45) is 0 Å². The summed E-state index contributed by atoms with van der Waals surface area (Å²) < 4.78 is 28.1. The highest BCUT2D eigenvalue weighted by Gasteiger charge is 2.26. The molecule has 8 heteroatoms. The topological polar surface area (TPSA) is 65.5 Å². The first kappa shape index (κ1) is 18.5. The number of piperazine rings is 1. The molecule has 0 spiro atoms. The van der Waals surface area contributed by atoms with Crippen molar-refractivity contribution in [3.63, 3.8) is 0 Å². The quantitative estimate of drug-likeness (QED) is 0.793. The Bertz CT molecular complexity index is 742. The van der Waals surface area contributed by atoms with E-state index in [1.165, 1.54) is 11.3 Å². The maximum Gasteiger partial charge on any atom is 0.250 e. The van der Waals surface area contributed by atoms with Crippen molar-refractivity contribution in [3.8, 4) is 0 Å². The molecule has 0 amide bonds. The van der Waals surface area contributed by atoms with E-state index in [-0.39, 0.29) is 6.04 Å². The SMILES string of the molecule is CCN1CCN([C@H](CNS(=O)(=O)c2cccs2)c2cccnc2)CC1. The number of aromatic nitrogens is 1. The highest BCUT2D eigenvalue weighted by atomic mass is 32.2. The fourth-order valence-electron chi connectivity index (χ4n) is 3.10. The van der Waals surface area contributed by atoms with Gasteiger partial charge in [0.2, 0.25) is 10.0 Å². The molecule has 2 aromatic heterocycles. The van der Waals surface area contributed by atoms with E-state index < -0.39 is 10.0 Å². The lowest BCUT2D eigenvalue weighted by molar-refractivity contribution is 0.100. The fraction of sp³-hybridized carbons (Fsp3) is 0.471. The highest BCUT2D eigenvalue weighted by Crippen LogP contribution is 2.22. The summed E-state index contributed by atoms with van der Waals surface area (Å²) >= 11 is 1.23. The molecular formula is C17H24N4O2S2. The first-order valence-electron chi connectivity index (χ1n) is 8.49. The number of nitrogens with zero attached hydrogens (tertiary/aromatic N) is 3. The molecule has 25 heavy (non-hydrogen) atoms. The summed E-state index contributed by atoms with van der Waals surface area (Å²) in [5.74, 6) is 0. The molecule has 3 rings (SSSR count). The van der Waals surface area contributed by atoms with Gasteiger partial charge in [-0.1, -0.05) is 19.1 Å². The molecule has 136 valence electrons. The molecule has 0 saturated carbocycles. The molecule has 1 fully saturated rings. The maximum absolute atomic E-state index is 12.5. The third-order valence-electron chi connectivity index (χ3n) is 4.59. The van der Waals surface area contributed by atoms with Crippen LogP contribution in [0.4, 0.5) is 0 Å². The van der Waals surface area contributed by atoms with Gasteiger partial charge in [-0.05, 0) is 29.6 Å². The van der Waals surface area contributed by atoms with Crippen molar-refractivity contribution in [2.45, 2.75) is 17.2 Å². The summed E-state index contributed by atoms with van der Waals surface area (Å²) in [6, 6.07) is 7.29. The molecule has 0 aliphatic carbocycles. The van der Waals surface area contributed by atoms with Gasteiger partial charge in [0.15, 0.2) is 0 Å². The van der Waals surface area contributed by atoms with E-state index in [2.05, 4.69) is 26.4 Å². The monoisotopic (exact) mass is 380 g/mol. The van der Waals surface area contributed by atoms with E-state index in [4.69, 9.17) is 0 Å². The van der Waals surface area contributed by atoms with Crippen molar-refractivity contribution in [2.75, 3.05) is 39.3 Å². The Balaban J connectivity index is 1.74. The van der Waals surface area contributed by atoms with Crippen LogP contribution < -0.4 is 4.72 Å². The van der Waals surface area contributed by atoms with Gasteiger partial charge in [-0.25, -0.2) is 13.1 Å². The number of rotatable bonds is 7. The molecule has 0 bridgehead atoms. The largest absolute Gasteiger partial charge is 0.301 e. The molecular weight excluding hydrogens is 356 g/mol. The zero-order valence-electron chi connectivity index (χ0n) is 14.3. The van der Waals surface area contributed by atoms with Gasteiger partial charge in [-0.15, -0.1) is 11.3 Å². The maximum atomic E-state index is 12.5. The summed E-state index contributed by atoms with van der Waals surface area (Å²) in [6.45, 7) is 7.43. The van der Waals surface area contributed by atoms with E-state index in [0.717, 1.165) is 38.3 Å². The minimum Gasteiger partial charge on any atom is -0.301 e. The van der Waals surface area contributed by atoms with Gasteiger partial charge in [-0.2, -0.15) is 0 Å². The number of sulfonamides is 1. The van der Waals surface area contributed by atoms with Gasteiger partial charge in [-0.3, -0.25) is 9.88 Å². The molecule has 1 atom stereocenters. The van der Waals surface area contributed by atoms with Crippen LogP contribution in [-0.2, 0) is 10.0 Å². The summed E-state index contributed by atoms with van der Waals surface area (Å²) in [6.07, 6.45) is 3.57. The van der Waals surface area contributed by atoms with Gasteiger partial charge in [0.25, 0.3) is 0 Å². The van der Waals surface area contributed by atoms with Crippen molar-refractivity contribution >= 4 is 21.4 Å². The average molecular weight is 381 g/mol. The summed E-state index contributed by atoms with van der Waals surface area (Å²) in [5.41, 5.74) is 1.04. The summed E-state index contributed by atoms with van der Waals surface area (Å²) in [4.78, 5) is 8.97. The Labute approximate surface area is 153 Å². The molecule has 1 saturated heterocycles. The average Bonchev–Trinajstić information content (AvgIpc) is 3.19. The highest BCUT2D eigenvalue weighted by molar-refractivity contribution is 7.91. The number of likely N-dealkylation sites (N-methyl/N-ethyl adjacent to an activating group) is 1. The van der Waals surface area contributed by atoms with Crippen molar-refractivity contribution in [1.82, 2.24) is 19.5 Å². The van der Waals surface area contributed by atoms with Crippen LogP contribution in [0.25, 0.3) is 0 Å². The Morgan fingerprint density at radius 2 is 2.04 bits per heavy atom. The lowest BCUT2D eigenvalue weighted by atomic mass is 10.1. The molecule has 1 N–H and O–H groups in total. The van der Waals surface area contributed by atoms with Crippen molar-refractivity contribution < 1.29 is 8.42 Å². The molecule has 0 unspecified atom stereocenters. The molecule has 3 heterocycles.